The maximum Gasteiger partial charge on any atom is 0.254 e. The normalized spacial score (nSPS) is 18.7. The third-order valence-electron chi connectivity index (χ3n) is 7.07. The molecule has 1 atom stereocenters. The van der Waals surface area contributed by atoms with Crippen LogP contribution in [0.1, 0.15) is 76.1 Å². The van der Waals surface area contributed by atoms with E-state index in [1.807, 2.05) is 55.1 Å². The van der Waals surface area contributed by atoms with Crippen molar-refractivity contribution < 1.29 is 9.53 Å². The monoisotopic (exact) mass is 455 g/mol. The molecule has 1 N–H and O–H groups in total. The summed E-state index contributed by atoms with van der Waals surface area (Å²) in [5, 5.41) is 16.5. The van der Waals surface area contributed by atoms with Crippen molar-refractivity contribution >= 4 is 5.91 Å². The maximum absolute atomic E-state index is 13.5. The summed E-state index contributed by atoms with van der Waals surface area (Å²) in [4.78, 5) is 20.1. The number of benzene rings is 2. The second kappa shape index (κ2) is 9.40. The number of amides is 1. The molecule has 3 heterocycles. The van der Waals surface area contributed by atoms with Crippen LogP contribution in [0.4, 0.5) is 0 Å². The topological polar surface area (TPSA) is 94.9 Å². The van der Waals surface area contributed by atoms with Crippen LogP contribution in [0.25, 0.3) is 11.4 Å². The molecular formula is C27H29N5O2. The Morgan fingerprint density at radius 2 is 1.88 bits per heavy atom. The lowest BCUT2D eigenvalue weighted by atomic mass is 9.88. The highest BCUT2D eigenvalue weighted by atomic mass is 16.5. The van der Waals surface area contributed by atoms with Gasteiger partial charge in [0.2, 0.25) is 0 Å². The Kier molecular flexibility index (Phi) is 6.16. The molecule has 0 aliphatic carbocycles. The zero-order valence-corrected chi connectivity index (χ0v) is 19.7. The van der Waals surface area contributed by atoms with Gasteiger partial charge in [-0.15, -0.1) is 0 Å². The lowest BCUT2D eigenvalue weighted by Gasteiger charge is -2.32. The molecule has 0 saturated carbocycles. The summed E-state index contributed by atoms with van der Waals surface area (Å²) in [6.07, 6.45) is 3.79. The third kappa shape index (κ3) is 4.34. The summed E-state index contributed by atoms with van der Waals surface area (Å²) < 4.78 is 5.72. The van der Waals surface area contributed by atoms with Crippen LogP contribution in [0, 0.1) is 25.2 Å². The minimum Gasteiger partial charge on any atom is -0.370 e. The van der Waals surface area contributed by atoms with Crippen LogP contribution in [-0.2, 0) is 4.74 Å². The van der Waals surface area contributed by atoms with Crippen molar-refractivity contribution in [1.29, 1.82) is 5.26 Å². The lowest BCUT2D eigenvalue weighted by Crippen LogP contribution is -2.38. The van der Waals surface area contributed by atoms with Crippen molar-refractivity contribution in [3.8, 4) is 17.5 Å². The zero-order chi connectivity index (χ0) is 23.7. The molecule has 7 heteroatoms. The Balaban J connectivity index is 1.32. The fourth-order valence-corrected chi connectivity index (χ4v) is 5.07. The minimum atomic E-state index is -0.0227. The number of nitriles is 1. The Bertz CT molecular complexity index is 1230. The molecule has 2 aliphatic heterocycles. The Morgan fingerprint density at radius 3 is 2.56 bits per heavy atom. The molecule has 3 aromatic rings. The largest absolute Gasteiger partial charge is 0.370 e. The van der Waals surface area contributed by atoms with E-state index in [1.54, 1.807) is 0 Å². The number of carbonyl (C=O) groups excluding carboxylic acids is 1. The third-order valence-corrected chi connectivity index (χ3v) is 7.07. The SMILES string of the molecule is Cc1cc(C)c(-c2n[nH]c(C3CCCO3)n2)cc1C(=O)N1CCC(c2ccc(C#N)cc2)CC1. The number of hydrogen-bond donors (Lipinski definition) is 1. The fourth-order valence-electron chi connectivity index (χ4n) is 5.07. The molecule has 2 aliphatic rings. The van der Waals surface area contributed by atoms with Gasteiger partial charge < -0.3 is 9.64 Å². The van der Waals surface area contributed by atoms with Crippen molar-refractivity contribution in [1.82, 2.24) is 20.1 Å². The number of aromatic amines is 1. The molecule has 0 radical (unpaired) electrons. The van der Waals surface area contributed by atoms with Gasteiger partial charge >= 0.3 is 0 Å². The number of aromatic nitrogens is 3. The highest BCUT2D eigenvalue weighted by molar-refractivity contribution is 5.97. The van der Waals surface area contributed by atoms with Gasteiger partial charge in [-0.05, 0) is 80.3 Å². The van der Waals surface area contributed by atoms with Gasteiger partial charge in [-0.3, -0.25) is 9.89 Å². The predicted molar refractivity (Wildman–Crippen MR) is 128 cm³/mol. The molecule has 7 nitrogen and oxygen atoms in total. The van der Waals surface area contributed by atoms with Crippen LogP contribution in [-0.4, -0.2) is 45.7 Å². The number of carbonyl (C=O) groups is 1. The first kappa shape index (κ1) is 22.3. The van der Waals surface area contributed by atoms with E-state index >= 15 is 0 Å². The van der Waals surface area contributed by atoms with Crippen LogP contribution in [0.5, 0.6) is 0 Å². The van der Waals surface area contributed by atoms with E-state index in [0.717, 1.165) is 67.9 Å². The van der Waals surface area contributed by atoms with E-state index < -0.39 is 0 Å². The molecule has 1 aromatic heterocycles. The molecule has 1 unspecified atom stereocenters. The molecule has 34 heavy (non-hydrogen) atoms. The van der Waals surface area contributed by atoms with Crippen LogP contribution >= 0.6 is 0 Å². The highest BCUT2D eigenvalue weighted by Crippen LogP contribution is 2.32. The van der Waals surface area contributed by atoms with Crippen molar-refractivity contribution in [2.24, 2.45) is 0 Å². The van der Waals surface area contributed by atoms with Crippen molar-refractivity contribution in [2.75, 3.05) is 19.7 Å². The van der Waals surface area contributed by atoms with Gasteiger partial charge in [0.05, 0.1) is 11.6 Å². The van der Waals surface area contributed by atoms with Crippen molar-refractivity contribution in [3.63, 3.8) is 0 Å². The van der Waals surface area contributed by atoms with E-state index in [9.17, 15) is 4.79 Å². The number of nitrogens with one attached hydrogen (secondary N) is 1. The van der Waals surface area contributed by atoms with Crippen LogP contribution in [0.3, 0.4) is 0 Å². The molecule has 2 saturated heterocycles. The zero-order valence-electron chi connectivity index (χ0n) is 19.7. The molecule has 0 spiro atoms. The number of H-pyrrole nitrogens is 1. The first-order valence-electron chi connectivity index (χ1n) is 12.0. The van der Waals surface area contributed by atoms with Gasteiger partial charge in [-0.1, -0.05) is 18.2 Å². The van der Waals surface area contributed by atoms with Gasteiger partial charge in [0.15, 0.2) is 11.6 Å². The second-order valence-electron chi connectivity index (χ2n) is 9.33. The van der Waals surface area contributed by atoms with Crippen LogP contribution < -0.4 is 0 Å². The van der Waals surface area contributed by atoms with Gasteiger partial charge in [-0.2, -0.15) is 10.4 Å². The molecule has 2 aromatic carbocycles. The summed E-state index contributed by atoms with van der Waals surface area (Å²) >= 11 is 0. The molecule has 0 bridgehead atoms. The number of ether oxygens (including phenoxy) is 1. The molecule has 1 amide bonds. The minimum absolute atomic E-state index is 0.0227. The number of hydrogen-bond acceptors (Lipinski definition) is 5. The standard InChI is InChI=1S/C27H29N5O2/c1-17-14-18(2)23(15-22(17)25-29-26(31-30-25)24-4-3-13-34-24)27(33)32-11-9-21(10-12-32)20-7-5-19(16-28)6-8-20/h5-8,14-15,21,24H,3-4,9-13H2,1-2H3,(H,29,30,31). The van der Waals surface area contributed by atoms with Crippen LogP contribution in [0.2, 0.25) is 0 Å². The number of aryl methyl sites for hydroxylation is 2. The Labute approximate surface area is 199 Å². The average Bonchev–Trinajstić information content (AvgIpc) is 3.56. The second-order valence-corrected chi connectivity index (χ2v) is 9.33. The molecular weight excluding hydrogens is 426 g/mol. The van der Waals surface area contributed by atoms with Crippen molar-refractivity contribution in [2.45, 2.75) is 51.6 Å². The quantitative estimate of drug-likeness (QED) is 0.608. The van der Waals surface area contributed by atoms with E-state index in [-0.39, 0.29) is 12.0 Å². The predicted octanol–water partition coefficient (Wildman–Crippen LogP) is 4.83. The van der Waals surface area contributed by atoms with Gasteiger partial charge in [0.25, 0.3) is 5.91 Å². The van der Waals surface area contributed by atoms with E-state index in [4.69, 9.17) is 10.00 Å². The van der Waals surface area contributed by atoms with Gasteiger partial charge in [-0.25, -0.2) is 4.98 Å². The number of rotatable bonds is 4. The smallest absolute Gasteiger partial charge is 0.254 e. The first-order chi connectivity index (χ1) is 16.5. The average molecular weight is 456 g/mol. The maximum atomic E-state index is 13.5. The fraction of sp³-hybridized carbons (Fsp3) is 0.407. The Morgan fingerprint density at radius 1 is 1.12 bits per heavy atom. The summed E-state index contributed by atoms with van der Waals surface area (Å²) in [5.41, 5.74) is 5.52. The van der Waals surface area contributed by atoms with Crippen molar-refractivity contribution in [3.05, 3.63) is 70.0 Å². The molecule has 5 rings (SSSR count). The van der Waals surface area contributed by atoms with Gasteiger partial charge in [0.1, 0.15) is 6.10 Å². The highest BCUT2D eigenvalue weighted by Gasteiger charge is 2.27. The number of likely N-dealkylation sites (tertiary alicyclic amines) is 1. The summed E-state index contributed by atoms with van der Waals surface area (Å²) in [6.45, 7) is 6.21. The van der Waals surface area contributed by atoms with E-state index in [0.29, 0.717) is 22.9 Å². The first-order valence-corrected chi connectivity index (χ1v) is 12.0. The van der Waals surface area contributed by atoms with Gasteiger partial charge in [0, 0.05) is 30.8 Å². The summed E-state index contributed by atoms with van der Waals surface area (Å²) in [5.74, 6) is 1.84. The lowest BCUT2D eigenvalue weighted by molar-refractivity contribution is 0.0712. The van der Waals surface area contributed by atoms with E-state index in [2.05, 4.69) is 21.3 Å². The molecule has 2 fully saturated rings. The number of piperidine rings is 1. The summed E-state index contributed by atoms with van der Waals surface area (Å²) in [7, 11) is 0. The molecule has 174 valence electrons. The number of nitrogens with zero attached hydrogens (tertiary/aromatic N) is 4. The Hall–Kier alpha value is -3.50. The summed E-state index contributed by atoms with van der Waals surface area (Å²) in [6, 6.07) is 14.0. The van der Waals surface area contributed by atoms with Crippen LogP contribution in [0.15, 0.2) is 36.4 Å². The van der Waals surface area contributed by atoms with E-state index in [1.165, 1.54) is 5.56 Å².